The van der Waals surface area contributed by atoms with E-state index in [1.165, 1.54) is 16.2 Å². The Morgan fingerprint density at radius 2 is 0.930 bits per heavy atom. The lowest BCUT2D eigenvalue weighted by Crippen LogP contribution is -1.94. The van der Waals surface area contributed by atoms with E-state index in [4.69, 9.17) is 9.97 Å². The van der Waals surface area contributed by atoms with Crippen LogP contribution in [0.3, 0.4) is 0 Å². The number of hydrogen-bond acceptors (Lipinski definition) is 4. The Balaban J connectivity index is 1.13. The third kappa shape index (κ3) is 5.72. The van der Waals surface area contributed by atoms with E-state index in [1.807, 2.05) is 36.4 Å². The van der Waals surface area contributed by atoms with Gasteiger partial charge < -0.3 is 4.57 Å². The van der Waals surface area contributed by atoms with Crippen molar-refractivity contribution in [1.82, 2.24) is 24.5 Å². The molecule has 0 N–H and O–H groups in total. The van der Waals surface area contributed by atoms with Crippen LogP contribution in [0.5, 0.6) is 0 Å². The van der Waals surface area contributed by atoms with Gasteiger partial charge in [-0.1, -0.05) is 103 Å². The van der Waals surface area contributed by atoms with E-state index in [0.717, 1.165) is 89.3 Å². The van der Waals surface area contributed by atoms with E-state index in [0.29, 0.717) is 0 Å². The van der Waals surface area contributed by atoms with Crippen molar-refractivity contribution in [2.24, 2.45) is 0 Å². The maximum absolute atomic E-state index is 5.26. The summed E-state index contributed by atoms with van der Waals surface area (Å²) < 4.78 is 2.40. The second kappa shape index (κ2) is 13.5. The normalized spacial score (nSPS) is 11.5. The van der Waals surface area contributed by atoms with Gasteiger partial charge in [-0.05, 0) is 113 Å². The van der Waals surface area contributed by atoms with Crippen molar-refractivity contribution in [2.45, 2.75) is 0 Å². The van der Waals surface area contributed by atoms with Gasteiger partial charge in [0.1, 0.15) is 0 Å². The van der Waals surface area contributed by atoms with Gasteiger partial charge in [-0.3, -0.25) is 9.97 Å². The third-order valence-corrected chi connectivity index (χ3v) is 10.9. The molecule has 266 valence electrons. The SMILES string of the molecule is c1ccc(-c2nc3ccccc3c3cc4c(cc23)c2cc(-c3cccc(-c5cc(-c6ccccn6)nc(-c6ccccn6)c5)c3)ccc2n4-c2ccccc2)cc1. The third-order valence-electron chi connectivity index (χ3n) is 10.9. The summed E-state index contributed by atoms with van der Waals surface area (Å²) in [6, 6.07) is 66.1. The lowest BCUT2D eigenvalue weighted by molar-refractivity contribution is 1.18. The molecule has 0 fully saturated rings. The summed E-state index contributed by atoms with van der Waals surface area (Å²) in [4.78, 5) is 19.5. The summed E-state index contributed by atoms with van der Waals surface area (Å²) in [5.74, 6) is 0. The number of nitrogens with zero attached hydrogens (tertiary/aromatic N) is 5. The second-order valence-corrected chi connectivity index (χ2v) is 14.3. The zero-order chi connectivity index (χ0) is 37.7. The molecule has 11 rings (SSSR count). The van der Waals surface area contributed by atoms with Crippen molar-refractivity contribution in [3.05, 3.63) is 200 Å². The monoisotopic (exact) mass is 727 g/mol. The predicted octanol–water partition coefficient (Wildman–Crippen LogP) is 13.0. The molecule has 0 saturated heterocycles. The van der Waals surface area contributed by atoms with E-state index in [2.05, 4.69) is 166 Å². The minimum Gasteiger partial charge on any atom is -0.309 e. The van der Waals surface area contributed by atoms with Crippen LogP contribution < -0.4 is 0 Å². The van der Waals surface area contributed by atoms with Gasteiger partial charge in [-0.15, -0.1) is 0 Å². The van der Waals surface area contributed by atoms with Gasteiger partial charge >= 0.3 is 0 Å². The molecule has 0 unspecified atom stereocenters. The number of fused-ring (bicyclic) bond motifs is 6. The van der Waals surface area contributed by atoms with E-state index in [9.17, 15) is 0 Å². The van der Waals surface area contributed by atoms with Crippen LogP contribution in [0.1, 0.15) is 0 Å². The molecular formula is C52H33N5. The summed E-state index contributed by atoms with van der Waals surface area (Å²) in [5.41, 5.74) is 14.2. The Bertz CT molecular complexity index is 3210. The molecule has 11 aromatic rings. The van der Waals surface area contributed by atoms with Crippen molar-refractivity contribution in [1.29, 1.82) is 0 Å². The molecule has 0 radical (unpaired) electrons. The van der Waals surface area contributed by atoms with Crippen LogP contribution in [0.15, 0.2) is 200 Å². The first kappa shape index (κ1) is 32.7. The number of pyridine rings is 4. The second-order valence-electron chi connectivity index (χ2n) is 14.3. The highest BCUT2D eigenvalue weighted by atomic mass is 15.0. The van der Waals surface area contributed by atoms with Gasteiger partial charge in [0.25, 0.3) is 0 Å². The Kier molecular flexibility index (Phi) is 7.74. The Hall–Kier alpha value is -7.76. The molecule has 5 heteroatoms. The van der Waals surface area contributed by atoms with Crippen molar-refractivity contribution >= 4 is 43.5 Å². The van der Waals surface area contributed by atoms with E-state index in [-0.39, 0.29) is 0 Å². The smallest absolute Gasteiger partial charge is 0.0900 e. The molecule has 0 aliphatic rings. The molecule has 5 nitrogen and oxygen atoms in total. The van der Waals surface area contributed by atoms with Gasteiger partial charge in [-0.25, -0.2) is 9.97 Å². The highest BCUT2D eigenvalue weighted by Gasteiger charge is 2.19. The van der Waals surface area contributed by atoms with Gasteiger partial charge in [-0.2, -0.15) is 0 Å². The minimum atomic E-state index is 0.804. The van der Waals surface area contributed by atoms with Crippen LogP contribution in [0.4, 0.5) is 0 Å². The van der Waals surface area contributed by atoms with Crippen LogP contribution in [0.2, 0.25) is 0 Å². The van der Waals surface area contributed by atoms with Crippen LogP contribution in [0.25, 0.3) is 105 Å². The van der Waals surface area contributed by atoms with E-state index >= 15 is 0 Å². The summed E-state index contributed by atoms with van der Waals surface area (Å²) in [7, 11) is 0. The first-order valence-corrected chi connectivity index (χ1v) is 19.1. The van der Waals surface area contributed by atoms with Crippen LogP contribution in [0, 0.1) is 0 Å². The van der Waals surface area contributed by atoms with E-state index < -0.39 is 0 Å². The Labute approximate surface area is 329 Å². The van der Waals surface area contributed by atoms with Gasteiger partial charge in [0.05, 0.1) is 45.0 Å². The topological polar surface area (TPSA) is 56.5 Å². The van der Waals surface area contributed by atoms with Crippen LogP contribution in [-0.4, -0.2) is 24.5 Å². The number of aromatic nitrogens is 5. The lowest BCUT2D eigenvalue weighted by Gasteiger charge is -2.12. The fourth-order valence-corrected chi connectivity index (χ4v) is 8.18. The molecule has 0 aliphatic heterocycles. The molecule has 0 aliphatic carbocycles. The Morgan fingerprint density at radius 3 is 1.65 bits per heavy atom. The molecule has 0 amide bonds. The first-order chi connectivity index (χ1) is 28.2. The van der Waals surface area contributed by atoms with E-state index in [1.54, 1.807) is 12.4 Å². The Morgan fingerprint density at radius 1 is 0.316 bits per heavy atom. The molecule has 0 atom stereocenters. The number of rotatable bonds is 6. The number of para-hydroxylation sites is 2. The lowest BCUT2D eigenvalue weighted by atomic mass is 9.96. The highest BCUT2D eigenvalue weighted by Crippen LogP contribution is 2.41. The molecule has 5 heterocycles. The maximum atomic E-state index is 5.26. The first-order valence-electron chi connectivity index (χ1n) is 19.1. The van der Waals surface area contributed by atoms with Gasteiger partial charge in [0.15, 0.2) is 0 Å². The summed E-state index contributed by atoms with van der Waals surface area (Å²) in [6.45, 7) is 0. The van der Waals surface area contributed by atoms with Crippen molar-refractivity contribution in [3.8, 4) is 62.0 Å². The molecule has 0 saturated carbocycles. The van der Waals surface area contributed by atoms with Crippen molar-refractivity contribution in [2.75, 3.05) is 0 Å². The van der Waals surface area contributed by atoms with Crippen LogP contribution >= 0.6 is 0 Å². The molecule has 0 spiro atoms. The van der Waals surface area contributed by atoms with Gasteiger partial charge in [0.2, 0.25) is 0 Å². The standard InChI is InChI=1S/C52H33N5/c1-3-14-34(15-4-1)52-44-32-43-42-29-37(24-25-50(42)57(39-18-5-2-6-19-39)51(43)33-41(44)40-20-7-8-21-45(40)56-52)35-16-13-17-36(28-35)38-30-48(46-22-9-11-26-53-46)55-49(31-38)47-23-10-12-27-54-47/h1-33H. The van der Waals surface area contributed by atoms with Crippen molar-refractivity contribution in [3.63, 3.8) is 0 Å². The summed E-state index contributed by atoms with van der Waals surface area (Å²) in [6.07, 6.45) is 3.61. The number of hydrogen-bond donors (Lipinski definition) is 0. The minimum absolute atomic E-state index is 0.804. The highest BCUT2D eigenvalue weighted by molar-refractivity contribution is 6.20. The predicted molar refractivity (Wildman–Crippen MR) is 234 cm³/mol. The summed E-state index contributed by atoms with van der Waals surface area (Å²) >= 11 is 0. The average molecular weight is 728 g/mol. The molecule has 5 aromatic heterocycles. The molecule has 6 aromatic carbocycles. The fourth-order valence-electron chi connectivity index (χ4n) is 8.18. The average Bonchev–Trinajstić information content (AvgIpc) is 3.61. The summed E-state index contributed by atoms with van der Waals surface area (Å²) in [5, 5.41) is 5.83. The largest absolute Gasteiger partial charge is 0.309 e. The quantitative estimate of drug-likeness (QED) is 0.160. The maximum Gasteiger partial charge on any atom is 0.0900 e. The molecular weight excluding hydrogens is 695 g/mol. The van der Waals surface area contributed by atoms with Crippen molar-refractivity contribution < 1.29 is 0 Å². The zero-order valence-corrected chi connectivity index (χ0v) is 30.8. The van der Waals surface area contributed by atoms with Gasteiger partial charge in [0, 0.05) is 45.2 Å². The zero-order valence-electron chi connectivity index (χ0n) is 30.8. The fraction of sp³-hybridized carbons (Fsp3) is 0. The molecule has 0 bridgehead atoms. The molecule has 57 heavy (non-hydrogen) atoms. The number of benzene rings is 6. The van der Waals surface area contributed by atoms with Crippen LogP contribution in [-0.2, 0) is 0 Å².